The van der Waals surface area contributed by atoms with Crippen LogP contribution < -0.4 is 0 Å². The first-order valence-corrected chi connectivity index (χ1v) is 7.11. The third-order valence-corrected chi connectivity index (χ3v) is 4.57. The number of fused-ring (bicyclic) bond motifs is 1. The summed E-state index contributed by atoms with van der Waals surface area (Å²) in [5.74, 6) is -0.832. The molecule has 0 bridgehead atoms. The van der Waals surface area contributed by atoms with Gasteiger partial charge >= 0.3 is 5.97 Å². The number of hydrogen-bond donors (Lipinski definition) is 1. The van der Waals surface area contributed by atoms with Gasteiger partial charge in [0.05, 0.1) is 5.02 Å². The van der Waals surface area contributed by atoms with Gasteiger partial charge in [-0.15, -0.1) is 0 Å². The number of halogens is 1. The summed E-state index contributed by atoms with van der Waals surface area (Å²) in [6, 6.07) is 2.42. The van der Waals surface area contributed by atoms with Crippen molar-refractivity contribution in [3.63, 3.8) is 0 Å². The zero-order valence-electron chi connectivity index (χ0n) is 10.8. The van der Waals surface area contributed by atoms with Gasteiger partial charge < -0.3 is 10.0 Å². The molecule has 1 aliphatic carbocycles. The van der Waals surface area contributed by atoms with Crippen molar-refractivity contribution in [2.45, 2.75) is 25.3 Å². The van der Waals surface area contributed by atoms with Gasteiger partial charge in [0.25, 0.3) is 5.91 Å². The fraction of sp³-hybridized carbons (Fsp3) is 0.500. The number of aromatic nitrogens is 1. The maximum atomic E-state index is 12.5. The minimum atomic E-state index is -0.915. The second-order valence-corrected chi connectivity index (χ2v) is 5.89. The number of likely N-dealkylation sites (tertiary alicyclic amines) is 1. The molecule has 3 atom stereocenters. The Labute approximate surface area is 121 Å². The van der Waals surface area contributed by atoms with E-state index in [9.17, 15) is 14.7 Å². The molecule has 2 aliphatic rings. The van der Waals surface area contributed by atoms with Crippen LogP contribution in [-0.4, -0.2) is 39.5 Å². The molecule has 1 saturated heterocycles. The normalized spacial score (nSPS) is 28.4. The van der Waals surface area contributed by atoms with Gasteiger partial charge in [0.2, 0.25) is 0 Å². The Balaban J connectivity index is 1.87. The predicted molar refractivity (Wildman–Crippen MR) is 72.5 cm³/mol. The lowest BCUT2D eigenvalue weighted by Crippen LogP contribution is -2.43. The maximum Gasteiger partial charge on any atom is 0.326 e. The number of amides is 1. The summed E-state index contributed by atoms with van der Waals surface area (Å²) >= 11 is 5.75. The van der Waals surface area contributed by atoms with Gasteiger partial charge in [-0.25, -0.2) is 9.78 Å². The van der Waals surface area contributed by atoms with Crippen LogP contribution in [0.5, 0.6) is 0 Å². The molecule has 1 saturated carbocycles. The lowest BCUT2D eigenvalue weighted by molar-refractivity contribution is -0.142. The van der Waals surface area contributed by atoms with E-state index >= 15 is 0 Å². The van der Waals surface area contributed by atoms with Gasteiger partial charge in [-0.2, -0.15) is 0 Å². The summed E-state index contributed by atoms with van der Waals surface area (Å²) in [5.41, 5.74) is 0.251. The third kappa shape index (κ3) is 2.16. The largest absolute Gasteiger partial charge is 0.480 e. The quantitative estimate of drug-likeness (QED) is 0.906. The van der Waals surface area contributed by atoms with Crippen molar-refractivity contribution in [3.05, 3.63) is 29.0 Å². The Morgan fingerprint density at radius 2 is 2.15 bits per heavy atom. The smallest absolute Gasteiger partial charge is 0.326 e. The monoisotopic (exact) mass is 294 g/mol. The van der Waals surface area contributed by atoms with Crippen molar-refractivity contribution in [3.8, 4) is 0 Å². The Morgan fingerprint density at radius 3 is 2.80 bits per heavy atom. The molecule has 1 N–H and O–H groups in total. The van der Waals surface area contributed by atoms with Crippen molar-refractivity contribution < 1.29 is 14.7 Å². The molecule has 3 rings (SSSR count). The molecule has 2 fully saturated rings. The Morgan fingerprint density at radius 1 is 1.35 bits per heavy atom. The highest BCUT2D eigenvalue weighted by Gasteiger charge is 2.49. The van der Waals surface area contributed by atoms with E-state index in [2.05, 4.69) is 4.98 Å². The van der Waals surface area contributed by atoms with Gasteiger partial charge in [0.15, 0.2) is 0 Å². The second kappa shape index (κ2) is 5.05. The minimum Gasteiger partial charge on any atom is -0.480 e. The molecule has 3 unspecified atom stereocenters. The minimum absolute atomic E-state index is 0.0868. The number of hydrogen-bond acceptors (Lipinski definition) is 3. The van der Waals surface area contributed by atoms with Gasteiger partial charge in [-0.05, 0) is 36.8 Å². The first-order valence-electron chi connectivity index (χ1n) is 6.73. The summed E-state index contributed by atoms with van der Waals surface area (Å²) in [4.78, 5) is 29.4. The van der Waals surface area contributed by atoms with E-state index in [0.717, 1.165) is 19.3 Å². The van der Waals surface area contributed by atoms with Crippen molar-refractivity contribution in [2.75, 3.05) is 6.54 Å². The highest BCUT2D eigenvalue weighted by atomic mass is 35.5. The first kappa shape index (κ1) is 13.4. The zero-order valence-corrected chi connectivity index (χ0v) is 11.6. The summed E-state index contributed by atoms with van der Waals surface area (Å²) in [5, 5.41) is 9.89. The molecule has 0 spiro atoms. The molecule has 1 aliphatic heterocycles. The van der Waals surface area contributed by atoms with Crippen molar-refractivity contribution in [1.29, 1.82) is 0 Å². The summed E-state index contributed by atoms with van der Waals surface area (Å²) in [6.45, 7) is 0.519. The van der Waals surface area contributed by atoms with Gasteiger partial charge in [-0.3, -0.25) is 4.79 Å². The van der Waals surface area contributed by atoms with Crippen LogP contribution in [0.3, 0.4) is 0 Å². The lowest BCUT2D eigenvalue weighted by Gasteiger charge is -2.24. The van der Waals surface area contributed by atoms with Gasteiger partial charge in [0, 0.05) is 12.7 Å². The van der Waals surface area contributed by atoms with Crippen LogP contribution in [0.4, 0.5) is 0 Å². The van der Waals surface area contributed by atoms with Crippen LogP contribution >= 0.6 is 11.6 Å². The lowest BCUT2D eigenvalue weighted by atomic mass is 9.94. The molecule has 0 aromatic carbocycles. The summed E-state index contributed by atoms with van der Waals surface area (Å²) in [7, 11) is 0. The van der Waals surface area contributed by atoms with Crippen molar-refractivity contribution in [1.82, 2.24) is 9.88 Å². The van der Waals surface area contributed by atoms with E-state index in [-0.39, 0.29) is 17.5 Å². The second-order valence-electron chi connectivity index (χ2n) is 5.46. The number of carbonyl (C=O) groups excluding carboxylic acids is 1. The van der Waals surface area contributed by atoms with Crippen LogP contribution in [0.15, 0.2) is 18.3 Å². The van der Waals surface area contributed by atoms with E-state index in [1.807, 2.05) is 0 Å². The molecule has 1 aromatic rings. The highest BCUT2D eigenvalue weighted by molar-refractivity contribution is 6.30. The molecule has 1 aromatic heterocycles. The van der Waals surface area contributed by atoms with Crippen LogP contribution in [-0.2, 0) is 4.79 Å². The molecule has 1 amide bonds. The molecule has 0 radical (unpaired) electrons. The molecule has 6 heteroatoms. The maximum absolute atomic E-state index is 12.5. The Bertz CT molecular complexity index is 546. The first-order chi connectivity index (χ1) is 9.58. The third-order valence-electron chi connectivity index (χ3n) is 4.35. The standard InChI is InChI=1S/C14H15ClN2O3/c15-9-4-5-11(16-6-9)13(18)17-7-8-2-1-3-10(8)12(17)14(19)20/h4-6,8,10,12H,1-3,7H2,(H,19,20). The number of carboxylic acids is 1. The van der Waals surface area contributed by atoms with Gasteiger partial charge in [-0.1, -0.05) is 18.0 Å². The number of nitrogens with zero attached hydrogens (tertiary/aromatic N) is 2. The number of carbonyl (C=O) groups is 2. The molecule has 5 nitrogen and oxygen atoms in total. The molecule has 2 heterocycles. The molecule has 20 heavy (non-hydrogen) atoms. The summed E-state index contributed by atoms with van der Waals surface area (Å²) < 4.78 is 0. The number of aliphatic carboxylic acids is 1. The SMILES string of the molecule is O=C(O)C1C2CCCC2CN1C(=O)c1ccc(Cl)cn1. The number of pyridine rings is 1. The van der Waals surface area contributed by atoms with Crippen molar-refractivity contribution in [2.24, 2.45) is 11.8 Å². The van der Waals surface area contributed by atoms with Crippen molar-refractivity contribution >= 4 is 23.5 Å². The Kier molecular flexibility index (Phi) is 3.38. The van der Waals surface area contributed by atoms with Gasteiger partial charge in [0.1, 0.15) is 11.7 Å². The van der Waals surface area contributed by atoms with E-state index in [1.54, 1.807) is 6.07 Å². The summed E-state index contributed by atoms with van der Waals surface area (Å²) in [6.07, 6.45) is 4.35. The fourth-order valence-corrected chi connectivity index (χ4v) is 3.59. The van der Waals surface area contributed by atoms with E-state index < -0.39 is 12.0 Å². The Hall–Kier alpha value is -1.62. The van der Waals surface area contributed by atoms with Crippen LogP contribution in [0.1, 0.15) is 29.8 Å². The molecule has 106 valence electrons. The van der Waals surface area contributed by atoms with E-state index in [4.69, 9.17) is 11.6 Å². The zero-order chi connectivity index (χ0) is 14.3. The topological polar surface area (TPSA) is 70.5 Å². The average molecular weight is 295 g/mol. The average Bonchev–Trinajstić information content (AvgIpc) is 2.97. The molecular weight excluding hydrogens is 280 g/mol. The van der Waals surface area contributed by atoms with E-state index in [1.165, 1.54) is 17.2 Å². The number of carboxylic acid groups (broad SMARTS) is 1. The fourth-order valence-electron chi connectivity index (χ4n) is 3.48. The number of rotatable bonds is 2. The predicted octanol–water partition coefficient (Wildman–Crippen LogP) is 2.06. The van der Waals surface area contributed by atoms with Crippen LogP contribution in [0.2, 0.25) is 5.02 Å². The highest BCUT2D eigenvalue weighted by Crippen LogP contribution is 2.42. The van der Waals surface area contributed by atoms with E-state index in [0.29, 0.717) is 17.5 Å². The molecular formula is C14H15ClN2O3. The van der Waals surface area contributed by atoms with Crippen LogP contribution in [0, 0.1) is 11.8 Å². The van der Waals surface area contributed by atoms with Crippen LogP contribution in [0.25, 0.3) is 0 Å².